The number of nitrogens with zero attached hydrogens (tertiary/aromatic N) is 6. The number of hydrogen-bond donors (Lipinski definition) is 2. The van der Waals surface area contributed by atoms with Crippen LogP contribution in [-0.4, -0.2) is 95.8 Å². The maximum Gasteiger partial charge on any atom is 0.305 e. The minimum absolute atomic E-state index is 0.124. The van der Waals surface area contributed by atoms with Gasteiger partial charge >= 0.3 is 11.9 Å². The van der Waals surface area contributed by atoms with Crippen molar-refractivity contribution in [2.24, 2.45) is 5.92 Å². The zero-order chi connectivity index (χ0) is 38.2. The van der Waals surface area contributed by atoms with Crippen molar-refractivity contribution in [2.75, 3.05) is 19.1 Å². The number of anilines is 1. The fraction of sp³-hybridized carbons (Fsp3) is 0.632. The van der Waals surface area contributed by atoms with Gasteiger partial charge in [-0.1, -0.05) is 26.8 Å². The third-order valence-electron chi connectivity index (χ3n) is 10.2. The van der Waals surface area contributed by atoms with E-state index in [1.807, 2.05) is 18.4 Å². The number of H-pyrrole nitrogens is 1. The number of imidazole rings is 2. The molecule has 1 saturated carbocycles. The molecule has 53 heavy (non-hydrogen) atoms. The van der Waals surface area contributed by atoms with Crippen LogP contribution in [0.25, 0.3) is 22.2 Å². The van der Waals surface area contributed by atoms with Gasteiger partial charge in [0.15, 0.2) is 23.5 Å². The van der Waals surface area contributed by atoms with Crippen molar-refractivity contribution in [3.8, 4) is 0 Å². The van der Waals surface area contributed by atoms with E-state index in [0.29, 0.717) is 35.0 Å². The predicted octanol–water partition coefficient (Wildman–Crippen LogP) is 5.19. The van der Waals surface area contributed by atoms with Crippen LogP contribution in [0.4, 0.5) is 5.82 Å². The van der Waals surface area contributed by atoms with Crippen LogP contribution in [0.5, 0.6) is 0 Å². The number of aromatic nitrogens is 6. The highest BCUT2D eigenvalue weighted by molar-refractivity contribution is 5.81. The van der Waals surface area contributed by atoms with Crippen molar-refractivity contribution < 1.29 is 33.3 Å². The topological polar surface area (TPSA) is 182 Å². The number of ether oxygens (including phenoxy) is 5. The molecule has 15 nitrogen and oxygen atoms in total. The van der Waals surface area contributed by atoms with Crippen molar-refractivity contribution >= 4 is 40.0 Å². The molecule has 1 aliphatic carbocycles. The highest BCUT2D eigenvalue weighted by Gasteiger charge is 2.57. The number of aromatic amines is 1. The van der Waals surface area contributed by atoms with E-state index in [1.165, 1.54) is 38.6 Å². The molecule has 3 fully saturated rings. The van der Waals surface area contributed by atoms with Crippen LogP contribution in [0.2, 0.25) is 0 Å². The third kappa shape index (κ3) is 8.80. The first-order valence-corrected chi connectivity index (χ1v) is 18.4. The highest BCUT2D eigenvalue weighted by atomic mass is 16.8. The molecule has 0 amide bonds. The summed E-state index contributed by atoms with van der Waals surface area (Å²) < 4.78 is 30.0. The molecule has 4 aromatic rings. The lowest BCUT2D eigenvalue weighted by Gasteiger charge is -2.46. The average molecular weight is 735 g/mol. The number of nitrogen functional groups attached to an aromatic ring is 1. The predicted molar refractivity (Wildman–Crippen MR) is 197 cm³/mol. The summed E-state index contributed by atoms with van der Waals surface area (Å²) in [4.78, 5) is 44.1. The van der Waals surface area contributed by atoms with Gasteiger partial charge in [-0.25, -0.2) is 19.9 Å². The molecule has 0 spiro atoms. The smallest absolute Gasteiger partial charge is 0.305 e. The highest BCUT2D eigenvalue weighted by Crippen LogP contribution is 2.45. The Hall–Kier alpha value is -4.18. The zero-order valence-electron chi connectivity index (χ0n) is 32.3. The fourth-order valence-electron chi connectivity index (χ4n) is 7.47. The van der Waals surface area contributed by atoms with E-state index in [4.69, 9.17) is 24.9 Å². The van der Waals surface area contributed by atoms with E-state index >= 15 is 0 Å². The molecule has 3 aliphatic rings. The molecule has 2 aliphatic heterocycles. The lowest BCUT2D eigenvalue weighted by Crippen LogP contribution is -2.52. The molecule has 7 rings (SSSR count). The van der Waals surface area contributed by atoms with Crippen LogP contribution >= 0.6 is 0 Å². The van der Waals surface area contributed by atoms with Gasteiger partial charge in [0.25, 0.3) is 0 Å². The second kappa shape index (κ2) is 15.3. The molecular formula is C38H54N8O7. The minimum Gasteiger partial charge on any atom is -0.428 e. The quantitative estimate of drug-likeness (QED) is 0.161. The SMILES string of the molecule is CC(=O)OCOC(C)=O.CC(C)N(C[C@H]1OC(n2cnc3c(N)ncnc32)C2OC(C)(C)O[C@@H]21)C1CC(CCc2nc3ccc(C(C)(C)C)cc3[nH]2)C1. The molecule has 15 heteroatoms. The Kier molecular flexibility index (Phi) is 11.1. The average Bonchev–Trinajstić information content (AvgIpc) is 3.80. The van der Waals surface area contributed by atoms with Crippen molar-refractivity contribution in [1.82, 2.24) is 34.4 Å². The Morgan fingerprint density at radius 1 is 1.08 bits per heavy atom. The summed E-state index contributed by atoms with van der Waals surface area (Å²) in [5.74, 6) is 0.510. The van der Waals surface area contributed by atoms with E-state index in [2.05, 4.69) is 87.1 Å². The van der Waals surface area contributed by atoms with Gasteiger partial charge in [-0.2, -0.15) is 0 Å². The molecule has 0 bridgehead atoms. The molecule has 1 aromatic carbocycles. The van der Waals surface area contributed by atoms with E-state index in [9.17, 15) is 9.59 Å². The van der Waals surface area contributed by atoms with Gasteiger partial charge in [-0.15, -0.1) is 0 Å². The maximum absolute atomic E-state index is 10.0. The number of aryl methyl sites for hydroxylation is 1. The summed E-state index contributed by atoms with van der Waals surface area (Å²) in [6.07, 6.45) is 6.61. The summed E-state index contributed by atoms with van der Waals surface area (Å²) in [7, 11) is 0. The number of fused-ring (bicyclic) bond motifs is 3. The van der Waals surface area contributed by atoms with Gasteiger partial charge in [-0.05, 0) is 76.0 Å². The normalized spacial score (nSPS) is 25.0. The summed E-state index contributed by atoms with van der Waals surface area (Å²) in [5, 5.41) is 0. The van der Waals surface area contributed by atoms with Crippen molar-refractivity contribution in [1.29, 1.82) is 0 Å². The molecule has 5 heterocycles. The number of hydrogen-bond acceptors (Lipinski definition) is 13. The molecule has 3 aromatic heterocycles. The Labute approximate surface area is 310 Å². The Morgan fingerprint density at radius 3 is 2.43 bits per heavy atom. The van der Waals surface area contributed by atoms with Crippen LogP contribution in [0.1, 0.15) is 99.2 Å². The second-order valence-electron chi connectivity index (χ2n) is 16.1. The first-order valence-electron chi connectivity index (χ1n) is 18.4. The van der Waals surface area contributed by atoms with Crippen LogP contribution in [0, 0.1) is 5.92 Å². The van der Waals surface area contributed by atoms with E-state index < -0.39 is 24.0 Å². The van der Waals surface area contributed by atoms with Gasteiger partial charge < -0.3 is 34.4 Å². The molecule has 288 valence electrons. The minimum atomic E-state index is -0.699. The second-order valence-corrected chi connectivity index (χ2v) is 16.1. The first-order chi connectivity index (χ1) is 25.0. The molecule has 4 atom stereocenters. The van der Waals surface area contributed by atoms with E-state index in [-0.39, 0.29) is 30.5 Å². The number of benzene rings is 1. The third-order valence-corrected chi connectivity index (χ3v) is 10.2. The van der Waals surface area contributed by atoms with Crippen LogP contribution in [-0.2, 0) is 45.1 Å². The van der Waals surface area contributed by atoms with Crippen LogP contribution in [0.15, 0.2) is 30.9 Å². The van der Waals surface area contributed by atoms with Gasteiger partial charge in [0.05, 0.1) is 17.4 Å². The Morgan fingerprint density at radius 2 is 1.77 bits per heavy atom. The van der Waals surface area contributed by atoms with Gasteiger partial charge in [0.1, 0.15) is 36.0 Å². The summed E-state index contributed by atoms with van der Waals surface area (Å²) >= 11 is 0. The van der Waals surface area contributed by atoms with Gasteiger partial charge in [-0.3, -0.25) is 19.1 Å². The molecule has 2 unspecified atom stereocenters. The van der Waals surface area contributed by atoms with Crippen LogP contribution in [0.3, 0.4) is 0 Å². The van der Waals surface area contributed by atoms with Crippen molar-refractivity contribution in [3.05, 3.63) is 42.2 Å². The number of carbonyl (C=O) groups is 2. The Bertz CT molecular complexity index is 1900. The largest absolute Gasteiger partial charge is 0.428 e. The molecule has 2 saturated heterocycles. The number of carbonyl (C=O) groups excluding carboxylic acids is 2. The number of rotatable bonds is 10. The summed E-state index contributed by atoms with van der Waals surface area (Å²) in [5.41, 5.74) is 10.9. The zero-order valence-corrected chi connectivity index (χ0v) is 32.3. The number of nitrogens with two attached hydrogens (primary N) is 1. The number of nitrogens with one attached hydrogen (secondary N) is 1. The van der Waals surface area contributed by atoms with E-state index in [0.717, 1.165) is 36.2 Å². The molecule has 3 N–H and O–H groups in total. The lowest BCUT2D eigenvalue weighted by molar-refractivity contribution is -0.199. The molecular weight excluding hydrogens is 680 g/mol. The van der Waals surface area contributed by atoms with Gasteiger partial charge in [0, 0.05) is 38.9 Å². The molecule has 0 radical (unpaired) electrons. The Balaban J connectivity index is 0.000000475. The monoisotopic (exact) mass is 734 g/mol. The summed E-state index contributed by atoms with van der Waals surface area (Å²) in [6.45, 7) is 18.2. The maximum atomic E-state index is 10.0. The van der Waals surface area contributed by atoms with Crippen molar-refractivity contribution in [2.45, 2.75) is 136 Å². The fourth-order valence-corrected chi connectivity index (χ4v) is 7.47. The summed E-state index contributed by atoms with van der Waals surface area (Å²) in [6, 6.07) is 7.50. The van der Waals surface area contributed by atoms with Crippen LogP contribution < -0.4 is 5.73 Å². The number of esters is 2. The van der Waals surface area contributed by atoms with Crippen molar-refractivity contribution in [3.63, 3.8) is 0 Å². The van der Waals surface area contributed by atoms with E-state index in [1.54, 1.807) is 6.33 Å². The standard InChI is InChI=1S/C33H46N8O3.C5H8O4/c1-18(2)40(21-12-19(13-21)8-11-25-38-22-10-9-20(32(3,4)5)14-23(22)39-25)15-24-27-28(44-33(6,7)43-27)31(42-24)41-17-37-26-29(34)35-16-36-30(26)41;1-4(6)8-3-9-5(2)7/h9-10,14,16-19,21,24,27-28,31H,8,11-13,15H2,1-7H3,(H,38,39)(H2,34,35,36);3H2,1-2H3/t19?,21?,24-,27-,28?,31?;/m1./s1. The first kappa shape index (κ1) is 38.5. The lowest BCUT2D eigenvalue weighted by atomic mass is 9.76. The van der Waals surface area contributed by atoms with Gasteiger partial charge in [0.2, 0.25) is 6.79 Å².